The maximum absolute atomic E-state index is 11.4. The number of rotatable bonds is 6. The molecule has 1 radical (unpaired) electrons. The summed E-state index contributed by atoms with van der Waals surface area (Å²) in [4.78, 5) is 10.9. The van der Waals surface area contributed by atoms with Crippen LogP contribution in [0.25, 0.3) is 10.8 Å². The summed E-state index contributed by atoms with van der Waals surface area (Å²) in [5, 5.41) is 6.93. The minimum absolute atomic E-state index is 0.0384. The Morgan fingerprint density at radius 3 is 2.68 bits per heavy atom. The van der Waals surface area contributed by atoms with Gasteiger partial charge in [0.05, 0.1) is 4.43 Å². The van der Waals surface area contributed by atoms with E-state index in [9.17, 15) is 17.8 Å². The molecule has 6 nitrogen and oxygen atoms in total. The van der Waals surface area contributed by atoms with Gasteiger partial charge < -0.3 is 10.6 Å². The second-order valence-electron chi connectivity index (χ2n) is 4.46. The first kappa shape index (κ1) is 17.0. The number of benzene rings is 2. The van der Waals surface area contributed by atoms with Gasteiger partial charge in [0.2, 0.25) is 5.91 Å². The summed E-state index contributed by atoms with van der Waals surface area (Å²) in [5.74, 6) is -0.0384. The van der Waals surface area contributed by atoms with Gasteiger partial charge in [-0.05, 0) is 6.07 Å². The van der Waals surface area contributed by atoms with Crippen molar-refractivity contribution in [2.45, 2.75) is 4.90 Å². The first-order valence-corrected chi connectivity index (χ1v) is 9.37. The molecule has 2 rings (SSSR count). The van der Waals surface area contributed by atoms with E-state index in [0.717, 1.165) is 5.69 Å². The first-order chi connectivity index (χ1) is 10.4. The molecule has 22 heavy (non-hydrogen) atoms. The van der Waals surface area contributed by atoms with E-state index in [-0.39, 0.29) is 10.8 Å². The highest BCUT2D eigenvalue weighted by Crippen LogP contribution is 2.28. The summed E-state index contributed by atoms with van der Waals surface area (Å²) < 4.78 is 32.4. The van der Waals surface area contributed by atoms with Crippen LogP contribution >= 0.6 is 22.6 Å². The number of halogens is 1. The Labute approximate surface area is 142 Å². The fraction of sp³-hybridized carbons (Fsp3) is 0.214. The molecule has 0 atom stereocenters. The van der Waals surface area contributed by atoms with E-state index in [1.807, 2.05) is 22.6 Å². The van der Waals surface area contributed by atoms with Gasteiger partial charge >= 0.3 is 0 Å². The molecule has 3 N–H and O–H groups in total. The average Bonchev–Trinajstić information content (AvgIpc) is 2.49. The maximum atomic E-state index is 11.4. The van der Waals surface area contributed by atoms with Crippen molar-refractivity contribution in [3.8, 4) is 0 Å². The molecule has 0 fully saturated rings. The van der Waals surface area contributed by atoms with Crippen molar-refractivity contribution in [3.63, 3.8) is 0 Å². The second-order valence-corrected chi connectivity index (χ2v) is 6.58. The molecule has 0 aliphatic rings. The molecule has 8 heteroatoms. The third kappa shape index (κ3) is 4.08. The van der Waals surface area contributed by atoms with E-state index in [0.29, 0.717) is 28.3 Å². The fourth-order valence-corrected chi connectivity index (χ4v) is 2.98. The van der Waals surface area contributed by atoms with Gasteiger partial charge in [-0.2, -0.15) is 8.42 Å². The summed E-state index contributed by atoms with van der Waals surface area (Å²) >= 11 is 1.98. The molecule has 0 unspecified atom stereocenters. The zero-order valence-electron chi connectivity index (χ0n) is 11.5. The number of alkyl halides is 1. The zero-order chi connectivity index (χ0) is 16.2. The van der Waals surface area contributed by atoms with Gasteiger partial charge in [-0.25, -0.2) is 0 Å². The van der Waals surface area contributed by atoms with Gasteiger partial charge in [0, 0.05) is 35.6 Å². The topological polar surface area (TPSA) is 95.5 Å². The standard InChI is InChI=1S/C14H14IN2O4S/c15-9-14(18)17-8-7-16-12-5-1-4-11-10(12)3-2-6-13(11)22(19,20)21/h1-5,16H,7-9H2,(H,17,18)(H,19,20,21). The average molecular weight is 433 g/mol. The van der Waals surface area contributed by atoms with E-state index in [1.54, 1.807) is 24.3 Å². The Kier molecular flexibility index (Phi) is 5.59. The van der Waals surface area contributed by atoms with Crippen molar-refractivity contribution in [1.29, 1.82) is 0 Å². The molecule has 0 saturated heterocycles. The third-order valence-corrected chi connectivity index (χ3v) is 4.50. The molecule has 0 bridgehead atoms. The van der Waals surface area contributed by atoms with Crippen molar-refractivity contribution >= 4 is 55.1 Å². The van der Waals surface area contributed by atoms with Crippen molar-refractivity contribution in [1.82, 2.24) is 5.32 Å². The van der Waals surface area contributed by atoms with Crippen LogP contribution in [0, 0.1) is 6.07 Å². The van der Waals surface area contributed by atoms with Gasteiger partial charge in [-0.1, -0.05) is 46.9 Å². The monoisotopic (exact) mass is 433 g/mol. The Morgan fingerprint density at radius 1 is 1.23 bits per heavy atom. The summed E-state index contributed by atoms with van der Waals surface area (Å²) in [6.45, 7) is 0.962. The molecular formula is C14H14IN2O4S. The van der Waals surface area contributed by atoms with Crippen LogP contribution in [0.4, 0.5) is 5.69 Å². The highest BCUT2D eigenvalue weighted by molar-refractivity contribution is 14.1. The summed E-state index contributed by atoms with van der Waals surface area (Å²) in [6.07, 6.45) is 0. The smallest absolute Gasteiger partial charge is 0.295 e. The fourth-order valence-electron chi connectivity index (χ4n) is 2.04. The van der Waals surface area contributed by atoms with Crippen molar-refractivity contribution in [2.75, 3.05) is 22.8 Å². The van der Waals surface area contributed by atoms with Crippen molar-refractivity contribution < 1.29 is 17.8 Å². The summed E-state index contributed by atoms with van der Waals surface area (Å²) in [6, 6.07) is 10.8. The molecule has 0 saturated carbocycles. The lowest BCUT2D eigenvalue weighted by Crippen LogP contribution is -2.29. The normalized spacial score (nSPS) is 11.4. The van der Waals surface area contributed by atoms with Crippen LogP contribution in [0.2, 0.25) is 0 Å². The van der Waals surface area contributed by atoms with Gasteiger partial charge in [0.1, 0.15) is 4.90 Å². The predicted octanol–water partition coefficient (Wildman–Crippen LogP) is 1.85. The van der Waals surface area contributed by atoms with Gasteiger partial charge in [0.25, 0.3) is 10.1 Å². The second kappa shape index (κ2) is 7.25. The summed E-state index contributed by atoms with van der Waals surface area (Å²) in [5.41, 5.74) is 0.722. The Morgan fingerprint density at radius 2 is 2.00 bits per heavy atom. The Balaban J connectivity index is 2.23. The minimum Gasteiger partial charge on any atom is -0.383 e. The first-order valence-electron chi connectivity index (χ1n) is 6.41. The Bertz CT molecular complexity index is 793. The molecule has 0 spiro atoms. The number of amides is 1. The van der Waals surface area contributed by atoms with Crippen molar-refractivity contribution in [3.05, 3.63) is 36.4 Å². The third-order valence-electron chi connectivity index (χ3n) is 2.96. The van der Waals surface area contributed by atoms with Crippen LogP contribution in [0.1, 0.15) is 0 Å². The van der Waals surface area contributed by atoms with Crippen LogP contribution in [0.15, 0.2) is 35.2 Å². The van der Waals surface area contributed by atoms with Gasteiger partial charge in [0.15, 0.2) is 0 Å². The SMILES string of the molecule is O=C(CI)NCCNc1cccc2c(S(=O)(=O)O)[c]ccc12. The van der Waals surface area contributed by atoms with E-state index in [4.69, 9.17) is 0 Å². The molecular weight excluding hydrogens is 419 g/mol. The highest BCUT2D eigenvalue weighted by atomic mass is 127. The van der Waals surface area contributed by atoms with Crippen LogP contribution in [0.3, 0.4) is 0 Å². The van der Waals surface area contributed by atoms with Crippen molar-refractivity contribution in [2.24, 2.45) is 0 Å². The molecule has 0 aromatic heterocycles. The quantitative estimate of drug-likeness (QED) is 0.280. The molecule has 0 aliphatic carbocycles. The number of carbonyl (C=O) groups excluding carboxylic acids is 1. The largest absolute Gasteiger partial charge is 0.383 e. The van der Waals surface area contributed by atoms with Crippen LogP contribution in [-0.2, 0) is 14.9 Å². The molecule has 2 aromatic carbocycles. The van der Waals surface area contributed by atoms with Gasteiger partial charge in [-0.15, -0.1) is 0 Å². The molecule has 0 heterocycles. The lowest BCUT2D eigenvalue weighted by atomic mass is 10.1. The highest BCUT2D eigenvalue weighted by Gasteiger charge is 2.15. The summed E-state index contributed by atoms with van der Waals surface area (Å²) in [7, 11) is -4.33. The number of fused-ring (bicyclic) bond motifs is 1. The molecule has 117 valence electrons. The van der Waals surface area contributed by atoms with Gasteiger partial charge in [-0.3, -0.25) is 9.35 Å². The zero-order valence-corrected chi connectivity index (χ0v) is 14.4. The van der Waals surface area contributed by atoms with E-state index in [2.05, 4.69) is 16.7 Å². The molecule has 2 aromatic rings. The number of anilines is 1. The van der Waals surface area contributed by atoms with E-state index < -0.39 is 10.1 Å². The Hall–Kier alpha value is -1.39. The lowest BCUT2D eigenvalue weighted by molar-refractivity contribution is -0.118. The van der Waals surface area contributed by atoms with Crippen LogP contribution in [-0.4, -0.2) is 36.4 Å². The predicted molar refractivity (Wildman–Crippen MR) is 93.0 cm³/mol. The molecule has 0 aliphatic heterocycles. The van der Waals surface area contributed by atoms with E-state index in [1.165, 1.54) is 6.07 Å². The molecule has 1 amide bonds. The number of nitrogens with one attached hydrogen (secondary N) is 2. The minimum atomic E-state index is -4.33. The number of hydrogen-bond acceptors (Lipinski definition) is 4. The lowest BCUT2D eigenvalue weighted by Gasteiger charge is -2.11. The number of carbonyl (C=O) groups is 1. The van der Waals surface area contributed by atoms with Crippen LogP contribution in [0.5, 0.6) is 0 Å². The van der Waals surface area contributed by atoms with E-state index >= 15 is 0 Å². The maximum Gasteiger partial charge on any atom is 0.295 e. The number of hydrogen-bond donors (Lipinski definition) is 3. The van der Waals surface area contributed by atoms with Crippen LogP contribution < -0.4 is 10.6 Å².